The van der Waals surface area contributed by atoms with Crippen molar-refractivity contribution in [2.45, 2.75) is 25.9 Å². The standard InChI is InChI=1S/C14H17N3O2.2ClH/c1-2-13(10-3-5-16-6-4-10)17-14(18)11-7-12(8-15)19-9-11;;/h3-7,9,13H,2,8,15H2,1H3,(H,17,18);2*1H. The molecule has 0 aromatic carbocycles. The third kappa shape index (κ3) is 5.04. The zero-order valence-electron chi connectivity index (χ0n) is 11.6. The second kappa shape index (κ2) is 9.39. The highest BCUT2D eigenvalue weighted by Crippen LogP contribution is 2.16. The van der Waals surface area contributed by atoms with Gasteiger partial charge < -0.3 is 15.5 Å². The number of aromatic nitrogens is 1. The number of amides is 1. The van der Waals surface area contributed by atoms with E-state index in [4.69, 9.17) is 10.2 Å². The summed E-state index contributed by atoms with van der Waals surface area (Å²) in [5.74, 6) is 0.439. The van der Waals surface area contributed by atoms with Crippen LogP contribution in [0.5, 0.6) is 0 Å². The first-order chi connectivity index (χ1) is 9.24. The summed E-state index contributed by atoms with van der Waals surface area (Å²) in [5.41, 5.74) is 6.98. The first kappa shape index (κ1) is 19.4. The minimum absolute atomic E-state index is 0. The maximum Gasteiger partial charge on any atom is 0.255 e. The van der Waals surface area contributed by atoms with E-state index in [-0.39, 0.29) is 43.3 Å². The largest absolute Gasteiger partial charge is 0.467 e. The highest BCUT2D eigenvalue weighted by molar-refractivity contribution is 5.94. The second-order valence-electron chi connectivity index (χ2n) is 4.22. The lowest BCUT2D eigenvalue weighted by atomic mass is 10.1. The third-order valence-corrected chi connectivity index (χ3v) is 2.94. The van der Waals surface area contributed by atoms with E-state index in [1.54, 1.807) is 18.5 Å². The van der Waals surface area contributed by atoms with Gasteiger partial charge in [0.2, 0.25) is 0 Å². The van der Waals surface area contributed by atoms with Crippen LogP contribution in [0.3, 0.4) is 0 Å². The van der Waals surface area contributed by atoms with Crippen molar-refractivity contribution in [3.8, 4) is 0 Å². The zero-order chi connectivity index (χ0) is 13.7. The maximum atomic E-state index is 12.1. The van der Waals surface area contributed by atoms with Crippen molar-refractivity contribution >= 4 is 30.7 Å². The zero-order valence-corrected chi connectivity index (χ0v) is 13.2. The fraction of sp³-hybridized carbons (Fsp3) is 0.286. The molecule has 1 amide bonds. The van der Waals surface area contributed by atoms with Gasteiger partial charge in [-0.1, -0.05) is 6.92 Å². The average molecular weight is 332 g/mol. The van der Waals surface area contributed by atoms with Crippen LogP contribution in [0.1, 0.15) is 41.1 Å². The molecular weight excluding hydrogens is 313 g/mol. The fourth-order valence-corrected chi connectivity index (χ4v) is 1.87. The molecule has 0 saturated heterocycles. The number of halogens is 2. The second-order valence-corrected chi connectivity index (χ2v) is 4.22. The van der Waals surface area contributed by atoms with Crippen molar-refractivity contribution < 1.29 is 9.21 Å². The molecule has 0 radical (unpaired) electrons. The van der Waals surface area contributed by atoms with Gasteiger partial charge in [-0.3, -0.25) is 9.78 Å². The molecule has 0 spiro atoms. The Labute approximate surface area is 136 Å². The first-order valence-corrected chi connectivity index (χ1v) is 6.22. The van der Waals surface area contributed by atoms with Crippen molar-refractivity contribution in [1.29, 1.82) is 0 Å². The summed E-state index contributed by atoms with van der Waals surface area (Å²) in [5, 5.41) is 2.97. The topological polar surface area (TPSA) is 81.2 Å². The number of carbonyl (C=O) groups excluding carboxylic acids is 1. The van der Waals surface area contributed by atoms with Crippen LogP contribution in [0, 0.1) is 0 Å². The Bertz CT molecular complexity index is 546. The van der Waals surface area contributed by atoms with Gasteiger partial charge in [0, 0.05) is 12.4 Å². The smallest absolute Gasteiger partial charge is 0.255 e. The number of nitrogens with zero attached hydrogens (tertiary/aromatic N) is 1. The van der Waals surface area contributed by atoms with E-state index in [1.807, 2.05) is 19.1 Å². The number of nitrogens with two attached hydrogens (primary N) is 1. The summed E-state index contributed by atoms with van der Waals surface area (Å²) >= 11 is 0. The predicted octanol–water partition coefficient (Wildman–Crippen LogP) is 2.86. The summed E-state index contributed by atoms with van der Waals surface area (Å²) in [4.78, 5) is 16.1. The highest BCUT2D eigenvalue weighted by Gasteiger charge is 2.15. The van der Waals surface area contributed by atoms with Gasteiger partial charge >= 0.3 is 0 Å². The molecule has 0 fully saturated rings. The minimum Gasteiger partial charge on any atom is -0.467 e. The molecule has 1 atom stereocenters. The monoisotopic (exact) mass is 331 g/mol. The molecule has 116 valence electrons. The number of hydrogen-bond donors (Lipinski definition) is 2. The number of carbonyl (C=O) groups is 1. The van der Waals surface area contributed by atoms with E-state index in [0.29, 0.717) is 11.3 Å². The van der Waals surface area contributed by atoms with Crippen molar-refractivity contribution in [1.82, 2.24) is 10.3 Å². The Morgan fingerprint density at radius 1 is 1.38 bits per heavy atom. The van der Waals surface area contributed by atoms with Crippen LogP contribution >= 0.6 is 24.8 Å². The Kier molecular flexibility index (Phi) is 8.69. The van der Waals surface area contributed by atoms with Gasteiger partial charge in [-0.2, -0.15) is 0 Å². The molecule has 0 aliphatic rings. The molecule has 0 aliphatic carbocycles. The van der Waals surface area contributed by atoms with Crippen LogP contribution in [0.4, 0.5) is 0 Å². The van der Waals surface area contributed by atoms with Crippen LogP contribution in [0.2, 0.25) is 0 Å². The molecule has 1 unspecified atom stereocenters. The normalized spacial score (nSPS) is 11.0. The molecule has 0 saturated carbocycles. The summed E-state index contributed by atoms with van der Waals surface area (Å²) in [6.45, 7) is 2.31. The van der Waals surface area contributed by atoms with E-state index in [1.165, 1.54) is 6.26 Å². The maximum absolute atomic E-state index is 12.1. The number of nitrogens with one attached hydrogen (secondary N) is 1. The van der Waals surface area contributed by atoms with E-state index in [2.05, 4.69) is 10.3 Å². The summed E-state index contributed by atoms with van der Waals surface area (Å²) < 4.78 is 5.16. The van der Waals surface area contributed by atoms with Crippen molar-refractivity contribution in [3.05, 3.63) is 53.7 Å². The minimum atomic E-state index is -0.160. The van der Waals surface area contributed by atoms with Crippen molar-refractivity contribution in [2.75, 3.05) is 0 Å². The van der Waals surface area contributed by atoms with Crippen LogP contribution < -0.4 is 11.1 Å². The average Bonchev–Trinajstić information content (AvgIpc) is 2.94. The van der Waals surface area contributed by atoms with E-state index >= 15 is 0 Å². The van der Waals surface area contributed by atoms with Crippen LogP contribution in [0.15, 0.2) is 41.3 Å². The van der Waals surface area contributed by atoms with Crippen molar-refractivity contribution in [3.63, 3.8) is 0 Å². The van der Waals surface area contributed by atoms with Crippen molar-refractivity contribution in [2.24, 2.45) is 5.73 Å². The first-order valence-electron chi connectivity index (χ1n) is 6.22. The van der Waals surface area contributed by atoms with Gasteiger partial charge in [-0.05, 0) is 30.2 Å². The molecule has 0 bridgehead atoms. The molecule has 0 aliphatic heterocycles. The molecule has 2 aromatic heterocycles. The Hall–Kier alpha value is -1.56. The van der Waals surface area contributed by atoms with E-state index < -0.39 is 0 Å². The Morgan fingerprint density at radius 2 is 2.05 bits per heavy atom. The number of hydrogen-bond acceptors (Lipinski definition) is 4. The summed E-state index contributed by atoms with van der Waals surface area (Å²) in [6.07, 6.45) is 5.66. The molecular formula is C14H19Cl2N3O2. The number of rotatable bonds is 5. The van der Waals surface area contributed by atoms with Crippen LogP contribution in [-0.4, -0.2) is 10.9 Å². The molecule has 21 heavy (non-hydrogen) atoms. The van der Waals surface area contributed by atoms with Gasteiger partial charge in [0.1, 0.15) is 12.0 Å². The van der Waals surface area contributed by atoms with Gasteiger partial charge in [0.15, 0.2) is 0 Å². The molecule has 2 rings (SSSR count). The molecule has 2 heterocycles. The third-order valence-electron chi connectivity index (χ3n) is 2.94. The van der Waals surface area contributed by atoms with Crippen LogP contribution in [-0.2, 0) is 6.54 Å². The van der Waals surface area contributed by atoms with Gasteiger partial charge in [0.25, 0.3) is 5.91 Å². The summed E-state index contributed by atoms with van der Waals surface area (Å²) in [7, 11) is 0. The lowest BCUT2D eigenvalue weighted by Crippen LogP contribution is -2.27. The van der Waals surface area contributed by atoms with Gasteiger partial charge in [-0.25, -0.2) is 0 Å². The lowest BCUT2D eigenvalue weighted by molar-refractivity contribution is 0.0935. The predicted molar refractivity (Wildman–Crippen MR) is 85.8 cm³/mol. The molecule has 2 aromatic rings. The molecule has 3 N–H and O–H groups in total. The van der Waals surface area contributed by atoms with E-state index in [0.717, 1.165) is 12.0 Å². The molecule has 5 nitrogen and oxygen atoms in total. The number of pyridine rings is 1. The van der Waals surface area contributed by atoms with E-state index in [9.17, 15) is 4.79 Å². The number of furan rings is 1. The Morgan fingerprint density at radius 3 is 2.57 bits per heavy atom. The summed E-state index contributed by atoms with van der Waals surface area (Å²) in [6, 6.07) is 5.42. The SMILES string of the molecule is CCC(NC(=O)c1coc(CN)c1)c1ccncc1.Cl.Cl. The lowest BCUT2D eigenvalue weighted by Gasteiger charge is -2.16. The molecule has 7 heteroatoms. The van der Waals surface area contributed by atoms with Gasteiger partial charge in [0.05, 0.1) is 18.2 Å². The van der Waals surface area contributed by atoms with Gasteiger partial charge in [-0.15, -0.1) is 24.8 Å². The Balaban J connectivity index is 0.00000200. The van der Waals surface area contributed by atoms with Crippen LogP contribution in [0.25, 0.3) is 0 Å². The quantitative estimate of drug-likeness (QED) is 0.882. The highest BCUT2D eigenvalue weighted by atomic mass is 35.5. The fourth-order valence-electron chi connectivity index (χ4n) is 1.87.